The van der Waals surface area contributed by atoms with E-state index >= 15 is 0 Å². The smallest absolute Gasteiger partial charge is 0.246 e. The van der Waals surface area contributed by atoms with Crippen molar-refractivity contribution in [3.63, 3.8) is 0 Å². The Morgan fingerprint density at radius 2 is 2.17 bits per heavy atom. The molecule has 1 saturated heterocycles. The minimum atomic E-state index is -0.535. The number of hydrogen-bond donors (Lipinski definition) is 2. The first-order valence-electron chi connectivity index (χ1n) is 6.06. The molecule has 0 saturated carbocycles. The van der Waals surface area contributed by atoms with Gasteiger partial charge < -0.3 is 10.0 Å². The second-order valence-corrected chi connectivity index (χ2v) is 4.71. The van der Waals surface area contributed by atoms with Crippen LogP contribution in [0.2, 0.25) is 0 Å². The first-order chi connectivity index (χ1) is 8.74. The van der Waals surface area contributed by atoms with Gasteiger partial charge in [-0.05, 0) is 5.56 Å². The molecule has 5 nitrogen and oxygen atoms in total. The van der Waals surface area contributed by atoms with Gasteiger partial charge in [-0.15, -0.1) is 0 Å². The van der Waals surface area contributed by atoms with Gasteiger partial charge in [-0.1, -0.05) is 30.3 Å². The van der Waals surface area contributed by atoms with Crippen LogP contribution >= 0.6 is 0 Å². The fraction of sp³-hybridized carbons (Fsp3) is 0.385. The van der Waals surface area contributed by atoms with Gasteiger partial charge in [0.25, 0.3) is 0 Å². The van der Waals surface area contributed by atoms with Crippen molar-refractivity contribution < 1.29 is 9.90 Å². The highest BCUT2D eigenvalue weighted by Gasteiger charge is 2.33. The van der Waals surface area contributed by atoms with E-state index in [4.69, 9.17) is 0 Å². The van der Waals surface area contributed by atoms with Gasteiger partial charge in [0, 0.05) is 12.5 Å². The normalized spacial score (nSPS) is 24.3. The van der Waals surface area contributed by atoms with Crippen LogP contribution in [0.25, 0.3) is 0 Å². The van der Waals surface area contributed by atoms with Crippen molar-refractivity contribution in [1.82, 2.24) is 10.2 Å². The molecule has 1 aromatic carbocycles. The number of aliphatic hydroxyl groups excluding tert-OH is 1. The Balaban J connectivity index is 1.74. The van der Waals surface area contributed by atoms with Crippen LogP contribution in [0.1, 0.15) is 11.7 Å². The summed E-state index contributed by atoms with van der Waals surface area (Å²) in [6.07, 6.45) is -0.535. The molecule has 1 amide bonds. The first-order valence-corrected chi connectivity index (χ1v) is 6.06. The summed E-state index contributed by atoms with van der Waals surface area (Å²) in [7, 11) is 0. The van der Waals surface area contributed by atoms with Crippen LogP contribution < -0.4 is 5.32 Å². The largest absolute Gasteiger partial charge is 0.388 e. The highest BCUT2D eigenvalue weighted by Crippen LogP contribution is 2.26. The summed E-state index contributed by atoms with van der Waals surface area (Å²) in [4.78, 5) is 17.5. The van der Waals surface area contributed by atoms with Gasteiger partial charge >= 0.3 is 0 Å². The number of guanidine groups is 1. The number of benzene rings is 1. The maximum atomic E-state index is 11.3. The third-order valence-corrected chi connectivity index (χ3v) is 3.40. The molecule has 2 aliphatic rings. The molecule has 2 unspecified atom stereocenters. The number of hydrogen-bond acceptors (Lipinski definition) is 4. The summed E-state index contributed by atoms with van der Waals surface area (Å²) in [5.41, 5.74) is 0.902. The zero-order chi connectivity index (χ0) is 12.5. The summed E-state index contributed by atoms with van der Waals surface area (Å²) in [6, 6.07) is 9.58. The van der Waals surface area contributed by atoms with Gasteiger partial charge in [0.2, 0.25) is 11.9 Å². The Morgan fingerprint density at radius 1 is 1.39 bits per heavy atom. The maximum Gasteiger partial charge on any atom is 0.246 e. The molecule has 5 heteroatoms. The van der Waals surface area contributed by atoms with E-state index in [9.17, 15) is 9.90 Å². The quantitative estimate of drug-likeness (QED) is 0.779. The minimum absolute atomic E-state index is 0.0244. The average Bonchev–Trinajstić information content (AvgIpc) is 2.78. The lowest BCUT2D eigenvalue weighted by atomic mass is 9.94. The van der Waals surface area contributed by atoms with Crippen LogP contribution in [0.4, 0.5) is 0 Å². The summed E-state index contributed by atoms with van der Waals surface area (Å²) in [5.74, 6) is 0.656. The molecule has 2 atom stereocenters. The van der Waals surface area contributed by atoms with Crippen molar-refractivity contribution in [2.45, 2.75) is 6.10 Å². The van der Waals surface area contributed by atoms with Crippen LogP contribution in [-0.2, 0) is 4.79 Å². The Morgan fingerprint density at radius 3 is 2.94 bits per heavy atom. The second kappa shape index (κ2) is 4.42. The predicted molar refractivity (Wildman–Crippen MR) is 66.9 cm³/mol. The fourth-order valence-electron chi connectivity index (χ4n) is 2.45. The molecule has 0 radical (unpaired) electrons. The molecule has 2 aliphatic heterocycles. The third kappa shape index (κ3) is 1.97. The topological polar surface area (TPSA) is 64.9 Å². The molecule has 0 aromatic heterocycles. The summed E-state index contributed by atoms with van der Waals surface area (Å²) in [6.45, 7) is 1.55. The summed E-state index contributed by atoms with van der Waals surface area (Å²) < 4.78 is 0. The summed E-state index contributed by atoms with van der Waals surface area (Å²) >= 11 is 0. The molecule has 1 fully saturated rings. The van der Waals surface area contributed by atoms with Crippen LogP contribution in [-0.4, -0.2) is 41.5 Å². The number of amides is 1. The zero-order valence-electron chi connectivity index (χ0n) is 9.91. The Kier molecular flexibility index (Phi) is 2.76. The monoisotopic (exact) mass is 245 g/mol. The molecule has 0 bridgehead atoms. The predicted octanol–water partition coefficient (Wildman–Crippen LogP) is 0.138. The molecule has 2 heterocycles. The van der Waals surface area contributed by atoms with Crippen molar-refractivity contribution in [2.75, 3.05) is 19.6 Å². The van der Waals surface area contributed by atoms with Gasteiger partial charge in [-0.25, -0.2) is 0 Å². The number of carbonyl (C=O) groups is 1. The van der Waals surface area contributed by atoms with Crippen molar-refractivity contribution in [1.29, 1.82) is 0 Å². The molecule has 2 N–H and O–H groups in total. The molecule has 1 aromatic rings. The maximum absolute atomic E-state index is 11.3. The number of aliphatic imine (C=N–C) groups is 1. The molecule has 94 valence electrons. The summed E-state index contributed by atoms with van der Waals surface area (Å²) in [5, 5.41) is 13.0. The molecule has 3 rings (SSSR count). The van der Waals surface area contributed by atoms with Gasteiger partial charge in [0.05, 0.1) is 12.6 Å². The van der Waals surface area contributed by atoms with E-state index in [0.717, 1.165) is 5.56 Å². The van der Waals surface area contributed by atoms with Crippen molar-refractivity contribution in [3.8, 4) is 0 Å². The lowest BCUT2D eigenvalue weighted by Gasteiger charge is -2.30. The SMILES string of the molecule is O=C1CN2CC(C(O)c3ccccc3)CN=C2N1. The van der Waals surface area contributed by atoms with E-state index < -0.39 is 6.10 Å². The first kappa shape index (κ1) is 11.2. The molecule has 0 spiro atoms. The average molecular weight is 245 g/mol. The lowest BCUT2D eigenvalue weighted by molar-refractivity contribution is -0.118. The van der Waals surface area contributed by atoms with Crippen LogP contribution in [0, 0.1) is 5.92 Å². The van der Waals surface area contributed by atoms with Gasteiger partial charge in [0.15, 0.2) is 0 Å². The molecule has 0 aliphatic carbocycles. The number of carbonyl (C=O) groups excluding carboxylic acids is 1. The highest BCUT2D eigenvalue weighted by atomic mass is 16.3. The van der Waals surface area contributed by atoms with Gasteiger partial charge in [-0.3, -0.25) is 15.1 Å². The van der Waals surface area contributed by atoms with E-state index in [-0.39, 0.29) is 11.8 Å². The van der Waals surface area contributed by atoms with Crippen molar-refractivity contribution >= 4 is 11.9 Å². The van der Waals surface area contributed by atoms with Crippen molar-refractivity contribution in [3.05, 3.63) is 35.9 Å². The van der Waals surface area contributed by atoms with E-state index in [2.05, 4.69) is 10.3 Å². The van der Waals surface area contributed by atoms with E-state index in [1.807, 2.05) is 35.2 Å². The van der Waals surface area contributed by atoms with E-state index in [1.54, 1.807) is 0 Å². The standard InChI is InChI=1S/C13H15N3O2/c17-11-8-16-7-10(6-14-13(16)15-11)12(18)9-4-2-1-3-5-9/h1-5,10,12,18H,6-8H2,(H,14,15,17). The Labute approximate surface area is 105 Å². The van der Waals surface area contributed by atoms with Gasteiger partial charge in [-0.2, -0.15) is 0 Å². The third-order valence-electron chi connectivity index (χ3n) is 3.40. The highest BCUT2D eigenvalue weighted by molar-refractivity contribution is 6.04. The van der Waals surface area contributed by atoms with Crippen molar-refractivity contribution in [2.24, 2.45) is 10.9 Å². The fourth-order valence-corrected chi connectivity index (χ4v) is 2.45. The lowest BCUT2D eigenvalue weighted by Crippen LogP contribution is -2.41. The van der Waals surface area contributed by atoms with Crippen LogP contribution in [0.15, 0.2) is 35.3 Å². The Bertz CT molecular complexity index is 486. The molecule has 18 heavy (non-hydrogen) atoms. The van der Waals surface area contributed by atoms with E-state index in [1.165, 1.54) is 0 Å². The second-order valence-electron chi connectivity index (χ2n) is 4.71. The number of nitrogens with one attached hydrogen (secondary N) is 1. The number of aliphatic hydroxyl groups is 1. The number of rotatable bonds is 2. The van der Waals surface area contributed by atoms with Crippen LogP contribution in [0.5, 0.6) is 0 Å². The minimum Gasteiger partial charge on any atom is -0.388 e. The zero-order valence-corrected chi connectivity index (χ0v) is 9.91. The Hall–Kier alpha value is -1.88. The number of fused-ring (bicyclic) bond motifs is 1. The van der Waals surface area contributed by atoms with E-state index in [0.29, 0.717) is 25.6 Å². The molecular formula is C13H15N3O2. The van der Waals surface area contributed by atoms with Gasteiger partial charge in [0.1, 0.15) is 6.54 Å². The number of nitrogens with zero attached hydrogens (tertiary/aromatic N) is 2. The molecular weight excluding hydrogens is 230 g/mol. The van der Waals surface area contributed by atoms with Crippen LogP contribution in [0.3, 0.4) is 0 Å².